The van der Waals surface area contributed by atoms with Crippen LogP contribution in [0.2, 0.25) is 0 Å². The number of amides is 1. The van der Waals surface area contributed by atoms with Crippen molar-refractivity contribution in [3.63, 3.8) is 0 Å². The molecule has 0 atom stereocenters. The molecule has 6 heteroatoms. The lowest BCUT2D eigenvalue weighted by molar-refractivity contribution is -0.122. The average molecular weight is 353 g/mol. The van der Waals surface area contributed by atoms with E-state index < -0.39 is 0 Å². The summed E-state index contributed by atoms with van der Waals surface area (Å²) in [5.74, 6) is 0.163. The Labute approximate surface area is 148 Å². The third-order valence-corrected chi connectivity index (χ3v) is 5.99. The highest BCUT2D eigenvalue weighted by molar-refractivity contribution is 7.09. The molecule has 2 aliphatic heterocycles. The molecule has 0 spiro atoms. The molecule has 3 heterocycles. The molecule has 3 rings (SSSR count). The number of ether oxygens (including phenoxy) is 2. The van der Waals surface area contributed by atoms with Crippen LogP contribution in [0.25, 0.3) is 0 Å². The molecule has 1 N–H and O–H groups in total. The largest absolute Gasteiger partial charge is 0.381 e. The fourth-order valence-corrected chi connectivity index (χ4v) is 4.20. The van der Waals surface area contributed by atoms with Crippen molar-refractivity contribution in [1.82, 2.24) is 10.2 Å². The molecule has 2 fully saturated rings. The second-order valence-corrected chi connectivity index (χ2v) is 7.89. The Kier molecular flexibility index (Phi) is 6.66. The Hall–Kier alpha value is -0.950. The first-order valence-electron chi connectivity index (χ1n) is 8.93. The third kappa shape index (κ3) is 5.28. The van der Waals surface area contributed by atoms with Crippen LogP contribution in [0.4, 0.5) is 0 Å². The van der Waals surface area contributed by atoms with Gasteiger partial charge in [0.05, 0.1) is 13.2 Å². The predicted octanol–water partition coefficient (Wildman–Crippen LogP) is 1.93. The van der Waals surface area contributed by atoms with Gasteiger partial charge >= 0.3 is 0 Å². The fraction of sp³-hybridized carbons (Fsp3) is 0.722. The number of carbonyl (C=O) groups excluding carboxylic acids is 1. The molecule has 24 heavy (non-hydrogen) atoms. The normalized spacial score (nSPS) is 21.5. The van der Waals surface area contributed by atoms with Gasteiger partial charge in [0.25, 0.3) is 0 Å². The summed E-state index contributed by atoms with van der Waals surface area (Å²) < 4.78 is 11.0. The standard InChI is InChI=1S/C18H28N2O3S/c21-17(4-3-16-2-1-13-24-16)19-14-18(5-9-22-10-6-18)15-20-7-11-23-12-8-20/h1-2,13H,3-12,14-15H2,(H,19,21). The van der Waals surface area contributed by atoms with Crippen molar-refractivity contribution < 1.29 is 14.3 Å². The zero-order valence-corrected chi connectivity index (χ0v) is 15.1. The zero-order chi connectivity index (χ0) is 16.7. The molecular formula is C18H28N2O3S. The van der Waals surface area contributed by atoms with Crippen LogP contribution < -0.4 is 5.32 Å². The molecule has 1 amide bonds. The Balaban J connectivity index is 1.48. The number of nitrogens with one attached hydrogen (secondary N) is 1. The van der Waals surface area contributed by atoms with Crippen molar-refractivity contribution in [1.29, 1.82) is 0 Å². The van der Waals surface area contributed by atoms with E-state index in [0.717, 1.165) is 71.9 Å². The lowest BCUT2D eigenvalue weighted by Gasteiger charge is -2.42. The molecule has 134 valence electrons. The first-order chi connectivity index (χ1) is 11.8. The Bertz CT molecular complexity index is 494. The molecule has 5 nitrogen and oxygen atoms in total. The average Bonchev–Trinajstić information content (AvgIpc) is 3.14. The molecule has 1 aromatic rings. The van der Waals surface area contributed by atoms with E-state index in [9.17, 15) is 4.79 Å². The van der Waals surface area contributed by atoms with Gasteiger partial charge in [-0.1, -0.05) is 6.07 Å². The molecule has 0 aliphatic carbocycles. The van der Waals surface area contributed by atoms with E-state index in [1.807, 2.05) is 6.07 Å². The zero-order valence-electron chi connectivity index (χ0n) is 14.3. The van der Waals surface area contributed by atoms with Crippen LogP contribution in [0.5, 0.6) is 0 Å². The Morgan fingerprint density at radius 3 is 2.67 bits per heavy atom. The first kappa shape index (κ1) is 17.9. The van der Waals surface area contributed by atoms with Crippen LogP contribution in [0.3, 0.4) is 0 Å². The van der Waals surface area contributed by atoms with E-state index >= 15 is 0 Å². The molecule has 0 unspecified atom stereocenters. The third-order valence-electron chi connectivity index (χ3n) is 5.06. The van der Waals surface area contributed by atoms with Gasteiger partial charge in [0, 0.05) is 56.1 Å². The predicted molar refractivity (Wildman–Crippen MR) is 95.4 cm³/mol. The van der Waals surface area contributed by atoms with Crippen LogP contribution in [0.15, 0.2) is 17.5 Å². The highest BCUT2D eigenvalue weighted by atomic mass is 32.1. The smallest absolute Gasteiger partial charge is 0.220 e. The second-order valence-electron chi connectivity index (χ2n) is 6.86. The van der Waals surface area contributed by atoms with E-state index in [1.165, 1.54) is 4.88 Å². The summed E-state index contributed by atoms with van der Waals surface area (Å²) in [6, 6.07) is 4.13. The summed E-state index contributed by atoms with van der Waals surface area (Å²) in [7, 11) is 0. The molecule has 0 radical (unpaired) electrons. The van der Waals surface area contributed by atoms with Gasteiger partial charge in [0.15, 0.2) is 0 Å². The summed E-state index contributed by atoms with van der Waals surface area (Å²) in [6.45, 7) is 7.02. The first-order valence-corrected chi connectivity index (χ1v) is 9.81. The summed E-state index contributed by atoms with van der Waals surface area (Å²) in [6.07, 6.45) is 3.46. The lowest BCUT2D eigenvalue weighted by atomic mass is 9.79. The van der Waals surface area contributed by atoms with E-state index in [2.05, 4.69) is 21.7 Å². The topological polar surface area (TPSA) is 50.8 Å². The monoisotopic (exact) mass is 352 g/mol. The highest BCUT2D eigenvalue weighted by Crippen LogP contribution is 2.31. The maximum atomic E-state index is 12.2. The van der Waals surface area contributed by atoms with Crippen molar-refractivity contribution in [2.24, 2.45) is 5.41 Å². The van der Waals surface area contributed by atoms with E-state index in [1.54, 1.807) is 11.3 Å². The van der Waals surface area contributed by atoms with E-state index in [-0.39, 0.29) is 11.3 Å². The number of hydrogen-bond acceptors (Lipinski definition) is 5. The lowest BCUT2D eigenvalue weighted by Crippen LogP contribution is -2.50. The quantitative estimate of drug-likeness (QED) is 0.815. The summed E-state index contributed by atoms with van der Waals surface area (Å²) in [5, 5.41) is 5.26. The van der Waals surface area contributed by atoms with Crippen LogP contribution in [0.1, 0.15) is 24.1 Å². The van der Waals surface area contributed by atoms with Crippen molar-refractivity contribution in [3.8, 4) is 0 Å². The minimum atomic E-state index is 0.147. The van der Waals surface area contributed by atoms with Gasteiger partial charge in [-0.25, -0.2) is 0 Å². The van der Waals surface area contributed by atoms with Crippen LogP contribution in [-0.4, -0.2) is 63.4 Å². The molecule has 2 saturated heterocycles. The fourth-order valence-electron chi connectivity index (χ4n) is 3.49. The summed E-state index contributed by atoms with van der Waals surface area (Å²) >= 11 is 1.72. The minimum Gasteiger partial charge on any atom is -0.381 e. The maximum Gasteiger partial charge on any atom is 0.220 e. The van der Waals surface area contributed by atoms with E-state index in [0.29, 0.717) is 6.42 Å². The van der Waals surface area contributed by atoms with Crippen LogP contribution in [0, 0.1) is 5.41 Å². The SMILES string of the molecule is O=C(CCc1cccs1)NCC1(CN2CCOCC2)CCOCC1. The van der Waals surface area contributed by atoms with Gasteiger partial charge in [-0.15, -0.1) is 11.3 Å². The van der Waals surface area contributed by atoms with Crippen molar-refractivity contribution in [2.45, 2.75) is 25.7 Å². The number of thiophene rings is 1. The van der Waals surface area contributed by atoms with Gasteiger partial charge in [-0.3, -0.25) is 9.69 Å². The van der Waals surface area contributed by atoms with Crippen LogP contribution in [-0.2, 0) is 20.7 Å². The van der Waals surface area contributed by atoms with Crippen molar-refractivity contribution >= 4 is 17.2 Å². The molecule has 0 saturated carbocycles. The molecule has 0 bridgehead atoms. The number of morpholine rings is 1. The van der Waals surface area contributed by atoms with Gasteiger partial charge in [0.1, 0.15) is 0 Å². The van der Waals surface area contributed by atoms with Gasteiger partial charge in [-0.05, 0) is 30.7 Å². The van der Waals surface area contributed by atoms with Gasteiger partial charge in [-0.2, -0.15) is 0 Å². The number of hydrogen-bond donors (Lipinski definition) is 1. The van der Waals surface area contributed by atoms with Crippen molar-refractivity contribution in [3.05, 3.63) is 22.4 Å². The number of rotatable bonds is 7. The number of aryl methyl sites for hydroxylation is 1. The Morgan fingerprint density at radius 2 is 1.96 bits per heavy atom. The number of nitrogens with zero attached hydrogens (tertiary/aromatic N) is 1. The van der Waals surface area contributed by atoms with Gasteiger partial charge < -0.3 is 14.8 Å². The molecule has 2 aliphatic rings. The minimum absolute atomic E-state index is 0.147. The molecular weight excluding hydrogens is 324 g/mol. The maximum absolute atomic E-state index is 12.2. The summed E-state index contributed by atoms with van der Waals surface area (Å²) in [5.41, 5.74) is 0.147. The highest BCUT2D eigenvalue weighted by Gasteiger charge is 2.35. The Morgan fingerprint density at radius 1 is 1.21 bits per heavy atom. The van der Waals surface area contributed by atoms with Crippen molar-refractivity contribution in [2.75, 3.05) is 52.6 Å². The summed E-state index contributed by atoms with van der Waals surface area (Å²) in [4.78, 5) is 16.0. The van der Waals surface area contributed by atoms with E-state index in [4.69, 9.17) is 9.47 Å². The number of carbonyl (C=O) groups is 1. The second kappa shape index (κ2) is 8.94. The van der Waals surface area contributed by atoms with Crippen LogP contribution >= 0.6 is 11.3 Å². The molecule has 1 aromatic heterocycles. The van der Waals surface area contributed by atoms with Gasteiger partial charge in [0.2, 0.25) is 5.91 Å². The molecule has 0 aromatic carbocycles.